The number of rotatable bonds is 3. The predicted octanol–water partition coefficient (Wildman–Crippen LogP) is 1.66. The molecular formula is C10H15N3OS. The monoisotopic (exact) mass is 225 g/mol. The van der Waals surface area contributed by atoms with E-state index in [9.17, 15) is 0 Å². The van der Waals surface area contributed by atoms with Gasteiger partial charge in [-0.15, -0.1) is 4.37 Å². The van der Waals surface area contributed by atoms with Gasteiger partial charge in [-0.2, -0.15) is 4.37 Å². The highest BCUT2D eigenvalue weighted by atomic mass is 32.1. The summed E-state index contributed by atoms with van der Waals surface area (Å²) in [5.41, 5.74) is 2.16. The van der Waals surface area contributed by atoms with E-state index < -0.39 is 0 Å². The highest BCUT2D eigenvalue weighted by molar-refractivity contribution is 6.99. The smallest absolute Gasteiger partial charge is 0.253 e. The van der Waals surface area contributed by atoms with Gasteiger partial charge in [-0.05, 0) is 26.0 Å². The Morgan fingerprint density at radius 2 is 2.40 bits per heavy atom. The molecule has 15 heavy (non-hydrogen) atoms. The second-order valence-electron chi connectivity index (χ2n) is 3.61. The van der Waals surface area contributed by atoms with E-state index in [1.807, 2.05) is 6.92 Å². The van der Waals surface area contributed by atoms with Crippen molar-refractivity contribution < 1.29 is 4.74 Å². The molecule has 0 bridgehead atoms. The molecule has 0 saturated carbocycles. The molecule has 0 spiro atoms. The summed E-state index contributed by atoms with van der Waals surface area (Å²) < 4.78 is 13.9. The quantitative estimate of drug-likeness (QED) is 0.784. The predicted molar refractivity (Wildman–Crippen MR) is 61.2 cm³/mol. The first kappa shape index (κ1) is 10.6. The Balaban J connectivity index is 2.21. The second kappa shape index (κ2) is 4.72. The zero-order chi connectivity index (χ0) is 10.7. The van der Waals surface area contributed by atoms with Crippen LogP contribution in [0.4, 0.5) is 0 Å². The van der Waals surface area contributed by atoms with E-state index in [1.165, 1.54) is 17.3 Å². The van der Waals surface area contributed by atoms with Gasteiger partial charge in [0, 0.05) is 13.1 Å². The van der Waals surface area contributed by atoms with E-state index in [-0.39, 0.29) is 0 Å². The van der Waals surface area contributed by atoms with Gasteiger partial charge in [0.25, 0.3) is 5.88 Å². The van der Waals surface area contributed by atoms with Crippen molar-refractivity contribution in [3.63, 3.8) is 0 Å². The molecule has 2 rings (SSSR count). The fraction of sp³-hybridized carbons (Fsp3) is 0.600. The maximum atomic E-state index is 5.44. The Labute approximate surface area is 93.9 Å². The van der Waals surface area contributed by atoms with Crippen LogP contribution in [-0.4, -0.2) is 40.4 Å². The van der Waals surface area contributed by atoms with Crippen molar-refractivity contribution in [2.45, 2.75) is 13.3 Å². The number of nitrogens with zero attached hydrogens (tertiary/aromatic N) is 3. The minimum atomic E-state index is 0.640. The van der Waals surface area contributed by atoms with Gasteiger partial charge in [0.05, 0.1) is 18.3 Å². The summed E-state index contributed by atoms with van der Waals surface area (Å²) in [7, 11) is 2.12. The van der Waals surface area contributed by atoms with Gasteiger partial charge in [0.2, 0.25) is 0 Å². The lowest BCUT2D eigenvalue weighted by Crippen LogP contribution is -2.25. The van der Waals surface area contributed by atoms with E-state index in [2.05, 4.69) is 26.8 Å². The van der Waals surface area contributed by atoms with E-state index >= 15 is 0 Å². The highest BCUT2D eigenvalue weighted by Crippen LogP contribution is 2.26. The molecule has 0 amide bonds. The average Bonchev–Trinajstić information content (AvgIpc) is 2.66. The second-order valence-corrected chi connectivity index (χ2v) is 4.14. The lowest BCUT2D eigenvalue weighted by Gasteiger charge is -2.21. The summed E-state index contributed by atoms with van der Waals surface area (Å²) in [5.74, 6) is 0.684. The Hall–Kier alpha value is -0.940. The molecule has 1 aromatic rings. The molecule has 0 atom stereocenters. The third-order valence-corrected chi connectivity index (χ3v) is 2.90. The molecule has 82 valence electrons. The Bertz CT molecular complexity index is 361. The molecule has 0 unspecified atom stereocenters. The largest absolute Gasteiger partial charge is 0.476 e. The fourth-order valence-electron chi connectivity index (χ4n) is 1.67. The average molecular weight is 225 g/mol. The Morgan fingerprint density at radius 1 is 1.53 bits per heavy atom. The van der Waals surface area contributed by atoms with Crippen LogP contribution >= 0.6 is 11.7 Å². The van der Waals surface area contributed by atoms with Crippen LogP contribution in [0, 0.1) is 0 Å². The molecule has 0 saturated heterocycles. The van der Waals surface area contributed by atoms with Crippen molar-refractivity contribution in [2.24, 2.45) is 0 Å². The van der Waals surface area contributed by atoms with Crippen molar-refractivity contribution in [1.82, 2.24) is 13.6 Å². The zero-order valence-corrected chi connectivity index (χ0v) is 9.88. The lowest BCUT2D eigenvalue weighted by molar-refractivity contribution is 0.327. The third-order valence-electron chi connectivity index (χ3n) is 2.39. The van der Waals surface area contributed by atoms with Gasteiger partial charge in [-0.25, -0.2) is 0 Å². The summed E-state index contributed by atoms with van der Waals surface area (Å²) in [5, 5.41) is 0. The number of hydrogen-bond donors (Lipinski definition) is 0. The SMILES string of the molecule is CCOc1nsnc1C1=CCCN(C)C1. The van der Waals surface area contributed by atoms with Crippen LogP contribution in [0.2, 0.25) is 0 Å². The number of aromatic nitrogens is 2. The minimum absolute atomic E-state index is 0.640. The summed E-state index contributed by atoms with van der Waals surface area (Å²) >= 11 is 1.22. The number of hydrogen-bond acceptors (Lipinski definition) is 5. The summed E-state index contributed by atoms with van der Waals surface area (Å²) in [6.07, 6.45) is 3.31. The number of ether oxygens (including phenoxy) is 1. The maximum absolute atomic E-state index is 5.44. The molecule has 1 aliphatic heterocycles. The van der Waals surface area contributed by atoms with Crippen LogP contribution in [0.3, 0.4) is 0 Å². The van der Waals surface area contributed by atoms with E-state index in [0.717, 1.165) is 25.2 Å². The normalized spacial score (nSPS) is 17.6. The van der Waals surface area contributed by atoms with Gasteiger partial charge < -0.3 is 9.64 Å². The summed E-state index contributed by atoms with van der Waals surface area (Å²) in [4.78, 5) is 2.28. The Kier molecular flexibility index (Phi) is 3.33. The molecule has 1 aromatic heterocycles. The summed E-state index contributed by atoms with van der Waals surface area (Å²) in [6, 6.07) is 0. The van der Waals surface area contributed by atoms with Crippen LogP contribution < -0.4 is 4.74 Å². The molecular weight excluding hydrogens is 210 g/mol. The third kappa shape index (κ3) is 2.35. The van der Waals surface area contributed by atoms with E-state index in [1.54, 1.807) is 0 Å². The van der Waals surface area contributed by atoms with E-state index in [0.29, 0.717) is 12.5 Å². The van der Waals surface area contributed by atoms with Crippen molar-refractivity contribution in [1.29, 1.82) is 0 Å². The molecule has 1 aliphatic rings. The zero-order valence-electron chi connectivity index (χ0n) is 9.06. The molecule has 0 fully saturated rings. The molecule has 5 heteroatoms. The molecule has 0 radical (unpaired) electrons. The summed E-state index contributed by atoms with van der Waals surface area (Å²) in [6.45, 7) is 4.66. The van der Waals surface area contributed by atoms with Gasteiger partial charge in [-0.1, -0.05) is 6.08 Å². The highest BCUT2D eigenvalue weighted by Gasteiger charge is 2.17. The Morgan fingerprint density at radius 3 is 3.13 bits per heavy atom. The van der Waals surface area contributed by atoms with Crippen LogP contribution in [-0.2, 0) is 0 Å². The first-order chi connectivity index (χ1) is 7.31. The van der Waals surface area contributed by atoms with E-state index in [4.69, 9.17) is 4.74 Å². The van der Waals surface area contributed by atoms with Gasteiger partial charge in [0.1, 0.15) is 5.69 Å². The molecule has 0 N–H and O–H groups in total. The van der Waals surface area contributed by atoms with Crippen molar-refractivity contribution in [2.75, 3.05) is 26.7 Å². The van der Waals surface area contributed by atoms with Crippen LogP contribution in [0.25, 0.3) is 5.57 Å². The molecule has 4 nitrogen and oxygen atoms in total. The lowest BCUT2D eigenvalue weighted by atomic mass is 10.1. The van der Waals surface area contributed by atoms with Gasteiger partial charge in [-0.3, -0.25) is 0 Å². The topological polar surface area (TPSA) is 38.3 Å². The maximum Gasteiger partial charge on any atom is 0.253 e. The van der Waals surface area contributed by atoms with Crippen molar-refractivity contribution >= 4 is 17.3 Å². The van der Waals surface area contributed by atoms with Gasteiger partial charge >= 0.3 is 0 Å². The van der Waals surface area contributed by atoms with Crippen molar-refractivity contribution in [3.8, 4) is 5.88 Å². The first-order valence-corrected chi connectivity index (χ1v) is 5.87. The van der Waals surface area contributed by atoms with Crippen LogP contribution in [0.15, 0.2) is 6.08 Å². The minimum Gasteiger partial charge on any atom is -0.476 e. The fourth-order valence-corrected chi connectivity index (χ4v) is 2.20. The number of likely N-dealkylation sites (N-methyl/N-ethyl adjacent to an activating group) is 1. The van der Waals surface area contributed by atoms with Crippen molar-refractivity contribution in [3.05, 3.63) is 11.8 Å². The van der Waals surface area contributed by atoms with Crippen LogP contribution in [0.5, 0.6) is 5.88 Å². The van der Waals surface area contributed by atoms with Crippen LogP contribution in [0.1, 0.15) is 19.0 Å². The van der Waals surface area contributed by atoms with Gasteiger partial charge in [0.15, 0.2) is 0 Å². The molecule has 0 aromatic carbocycles. The standard InChI is InChI=1S/C10H15N3OS/c1-3-14-10-9(11-15-12-10)8-5-4-6-13(2)7-8/h5H,3-4,6-7H2,1-2H3. The molecule has 2 heterocycles. The molecule has 0 aliphatic carbocycles. The first-order valence-electron chi connectivity index (χ1n) is 5.14.